The fourth-order valence-electron chi connectivity index (χ4n) is 3.41. The Labute approximate surface area is 124 Å². The third-order valence-electron chi connectivity index (χ3n) is 4.60. The summed E-state index contributed by atoms with van der Waals surface area (Å²) in [6.45, 7) is 0.0846. The minimum atomic E-state index is -3.60. The van der Waals surface area contributed by atoms with Crippen molar-refractivity contribution < 1.29 is 17.9 Å². The molecule has 1 amide bonds. The summed E-state index contributed by atoms with van der Waals surface area (Å²) < 4.78 is 30.5. The van der Waals surface area contributed by atoms with Crippen LogP contribution >= 0.6 is 0 Å². The lowest BCUT2D eigenvalue weighted by Crippen LogP contribution is -2.36. The Kier molecular flexibility index (Phi) is 3.53. The number of sulfonamides is 1. The number of hydrogen-bond donors (Lipinski definition) is 1. The first-order chi connectivity index (χ1) is 9.98. The molecule has 1 fully saturated rings. The van der Waals surface area contributed by atoms with Crippen LogP contribution in [-0.2, 0) is 31.4 Å². The maximum atomic E-state index is 12.2. The van der Waals surface area contributed by atoms with Crippen LogP contribution < -0.4 is 4.72 Å². The Hall–Kier alpha value is -1.40. The van der Waals surface area contributed by atoms with Crippen LogP contribution in [0, 0.1) is 5.92 Å². The van der Waals surface area contributed by atoms with Crippen LogP contribution in [0.2, 0.25) is 0 Å². The summed E-state index contributed by atoms with van der Waals surface area (Å²) >= 11 is 0. The second-order valence-corrected chi connectivity index (χ2v) is 7.69. The van der Waals surface area contributed by atoms with Crippen molar-refractivity contribution in [1.29, 1.82) is 0 Å². The van der Waals surface area contributed by atoms with Crippen molar-refractivity contribution in [2.24, 2.45) is 5.92 Å². The van der Waals surface area contributed by atoms with E-state index in [1.54, 1.807) is 0 Å². The lowest BCUT2D eigenvalue weighted by atomic mass is 9.95. The van der Waals surface area contributed by atoms with Crippen LogP contribution in [-0.4, -0.2) is 33.8 Å². The van der Waals surface area contributed by atoms with E-state index in [2.05, 4.69) is 16.9 Å². The molecule has 1 saturated carbocycles. The topological polar surface area (TPSA) is 72.5 Å². The molecule has 1 aromatic rings. The molecular formula is C15H19NO4S. The molecule has 0 aromatic heterocycles. The van der Waals surface area contributed by atoms with E-state index in [4.69, 9.17) is 4.74 Å². The summed E-state index contributed by atoms with van der Waals surface area (Å²) in [6.07, 6.45) is 2.65. The highest BCUT2D eigenvalue weighted by Crippen LogP contribution is 2.61. The number of fused-ring (bicyclic) bond motifs is 2. The van der Waals surface area contributed by atoms with E-state index in [0.29, 0.717) is 0 Å². The average Bonchev–Trinajstić information content (AvgIpc) is 3.07. The third-order valence-corrected chi connectivity index (χ3v) is 5.81. The van der Waals surface area contributed by atoms with E-state index in [0.717, 1.165) is 19.3 Å². The van der Waals surface area contributed by atoms with Gasteiger partial charge in [-0.15, -0.1) is 0 Å². The molecule has 1 N–H and O–H groups in total. The Morgan fingerprint density at radius 1 is 1.43 bits per heavy atom. The number of methoxy groups -OCH3 is 1. The van der Waals surface area contributed by atoms with Gasteiger partial charge in [0.05, 0.1) is 12.4 Å². The number of hydrogen-bond acceptors (Lipinski definition) is 4. The molecule has 1 aromatic carbocycles. The maximum absolute atomic E-state index is 12.2. The zero-order chi connectivity index (χ0) is 15.1. The van der Waals surface area contributed by atoms with Crippen molar-refractivity contribution in [3.63, 3.8) is 0 Å². The predicted molar refractivity (Wildman–Crippen MR) is 78.4 cm³/mol. The van der Waals surface area contributed by atoms with Crippen molar-refractivity contribution in [3.05, 3.63) is 35.4 Å². The molecule has 0 aliphatic heterocycles. The van der Waals surface area contributed by atoms with Gasteiger partial charge in [-0.25, -0.2) is 8.42 Å². The predicted octanol–water partition coefficient (Wildman–Crippen LogP) is 0.983. The normalized spacial score (nSPS) is 26.6. The van der Waals surface area contributed by atoms with E-state index in [1.165, 1.54) is 18.2 Å². The summed E-state index contributed by atoms with van der Waals surface area (Å²) in [7, 11) is -2.16. The molecule has 0 bridgehead atoms. The monoisotopic (exact) mass is 309 g/mol. The molecule has 5 nitrogen and oxygen atoms in total. The van der Waals surface area contributed by atoms with E-state index in [1.807, 2.05) is 12.1 Å². The van der Waals surface area contributed by atoms with E-state index in [-0.39, 0.29) is 29.6 Å². The number of nitrogens with one attached hydrogen (secondary N) is 1. The van der Waals surface area contributed by atoms with E-state index in [9.17, 15) is 13.2 Å². The Morgan fingerprint density at radius 3 is 2.95 bits per heavy atom. The molecule has 2 atom stereocenters. The zero-order valence-electron chi connectivity index (χ0n) is 12.0. The fourth-order valence-corrected chi connectivity index (χ4v) is 4.34. The second-order valence-electron chi connectivity index (χ2n) is 5.85. The highest BCUT2D eigenvalue weighted by molar-refractivity contribution is 7.90. The molecule has 0 saturated heterocycles. The van der Waals surface area contributed by atoms with Crippen molar-refractivity contribution in [3.8, 4) is 0 Å². The lowest BCUT2D eigenvalue weighted by Gasteiger charge is -2.12. The number of ether oxygens (including phenoxy) is 1. The Bertz CT molecular complexity index is 670. The van der Waals surface area contributed by atoms with Crippen molar-refractivity contribution in [2.75, 3.05) is 19.5 Å². The molecule has 0 unspecified atom stereocenters. The van der Waals surface area contributed by atoms with E-state index < -0.39 is 10.0 Å². The number of carbonyl (C=O) groups is 1. The first kappa shape index (κ1) is 14.5. The first-order valence-electron chi connectivity index (χ1n) is 7.10. The standard InChI is InChI=1S/C15H19NO4S/c1-20-8-9-21(18,19)16-14(17)13-10-15(13)7-6-11-4-2-3-5-12(11)15/h2-5,13H,6-10H2,1H3,(H,16,17)/t13-,15-/m1/s1. The molecular weight excluding hydrogens is 290 g/mol. The van der Waals surface area contributed by atoms with Gasteiger partial charge in [-0.2, -0.15) is 0 Å². The maximum Gasteiger partial charge on any atom is 0.237 e. The molecule has 2 aliphatic carbocycles. The van der Waals surface area contributed by atoms with Gasteiger partial charge < -0.3 is 4.74 Å². The van der Waals surface area contributed by atoms with Gasteiger partial charge in [0.15, 0.2) is 0 Å². The molecule has 3 rings (SSSR count). The number of rotatable bonds is 5. The minimum absolute atomic E-state index is 0.0846. The van der Waals surface area contributed by atoms with Gasteiger partial charge in [-0.1, -0.05) is 24.3 Å². The molecule has 2 aliphatic rings. The molecule has 114 valence electrons. The van der Waals surface area contributed by atoms with Gasteiger partial charge in [0.25, 0.3) is 0 Å². The van der Waals surface area contributed by atoms with Gasteiger partial charge in [0.2, 0.25) is 15.9 Å². The summed E-state index contributed by atoms with van der Waals surface area (Å²) in [5.74, 6) is -0.785. The van der Waals surface area contributed by atoms with Gasteiger partial charge >= 0.3 is 0 Å². The highest BCUT2D eigenvalue weighted by Gasteiger charge is 2.61. The van der Waals surface area contributed by atoms with Crippen LogP contribution in [0.1, 0.15) is 24.0 Å². The van der Waals surface area contributed by atoms with Gasteiger partial charge in [0.1, 0.15) is 0 Å². The van der Waals surface area contributed by atoms with E-state index >= 15 is 0 Å². The smallest absolute Gasteiger partial charge is 0.237 e. The van der Waals surface area contributed by atoms with Crippen molar-refractivity contribution >= 4 is 15.9 Å². The van der Waals surface area contributed by atoms with Crippen molar-refractivity contribution in [2.45, 2.75) is 24.7 Å². The average molecular weight is 309 g/mol. The third kappa shape index (κ3) is 2.58. The molecule has 21 heavy (non-hydrogen) atoms. The van der Waals surface area contributed by atoms with Crippen LogP contribution in [0.5, 0.6) is 0 Å². The molecule has 1 spiro atoms. The van der Waals surface area contributed by atoms with Crippen LogP contribution in [0.15, 0.2) is 24.3 Å². The number of amides is 1. The number of aryl methyl sites for hydroxylation is 1. The van der Waals surface area contributed by atoms with Gasteiger partial charge in [-0.05, 0) is 30.4 Å². The summed E-state index contributed by atoms with van der Waals surface area (Å²) in [4.78, 5) is 12.2. The quantitative estimate of drug-likeness (QED) is 0.880. The first-order valence-corrected chi connectivity index (χ1v) is 8.75. The van der Waals surface area contributed by atoms with Crippen molar-refractivity contribution in [1.82, 2.24) is 4.72 Å². The van der Waals surface area contributed by atoms with Crippen LogP contribution in [0.3, 0.4) is 0 Å². The highest BCUT2D eigenvalue weighted by atomic mass is 32.2. The minimum Gasteiger partial charge on any atom is -0.384 e. The number of carbonyl (C=O) groups excluding carboxylic acids is 1. The SMILES string of the molecule is COCCS(=O)(=O)NC(=O)[C@H]1C[C@@]12CCc1ccccc12. The number of benzene rings is 1. The van der Waals surface area contributed by atoms with Crippen LogP contribution in [0.25, 0.3) is 0 Å². The summed E-state index contributed by atoms with van der Waals surface area (Å²) in [6, 6.07) is 8.14. The fraction of sp³-hybridized carbons (Fsp3) is 0.533. The van der Waals surface area contributed by atoms with Crippen LogP contribution in [0.4, 0.5) is 0 Å². The summed E-state index contributed by atoms with van der Waals surface area (Å²) in [5, 5.41) is 0. The lowest BCUT2D eigenvalue weighted by molar-refractivity contribution is -0.121. The molecule has 0 heterocycles. The summed E-state index contributed by atoms with van der Waals surface area (Å²) in [5.41, 5.74) is 2.38. The zero-order valence-corrected chi connectivity index (χ0v) is 12.8. The largest absolute Gasteiger partial charge is 0.384 e. The van der Waals surface area contributed by atoms with Gasteiger partial charge in [-0.3, -0.25) is 9.52 Å². The second kappa shape index (κ2) is 5.10. The molecule has 6 heteroatoms. The van der Waals surface area contributed by atoms with Gasteiger partial charge in [0, 0.05) is 18.4 Å². The Balaban J connectivity index is 1.70. The Morgan fingerprint density at radius 2 is 2.19 bits per heavy atom. The molecule has 0 radical (unpaired) electrons.